The molecule has 0 radical (unpaired) electrons. The molecule has 3 nitrogen and oxygen atoms in total. The third kappa shape index (κ3) is 3.74. The van der Waals surface area contributed by atoms with Crippen LogP contribution in [0.5, 0.6) is 0 Å². The summed E-state index contributed by atoms with van der Waals surface area (Å²) in [6.45, 7) is 0.888. The number of rotatable bonds is 3. The van der Waals surface area contributed by atoms with E-state index in [1.54, 1.807) is 11.3 Å². The monoisotopic (exact) mass is 402 g/mol. The summed E-state index contributed by atoms with van der Waals surface area (Å²) in [5.41, 5.74) is 4.09. The number of piperidine rings is 1. The third-order valence-electron chi connectivity index (χ3n) is 6.47. The molecule has 2 aliphatic rings. The van der Waals surface area contributed by atoms with Gasteiger partial charge in [0.25, 0.3) is 5.91 Å². The number of nitrogens with zero attached hydrogens (tertiary/aromatic N) is 2. The van der Waals surface area contributed by atoms with Crippen LogP contribution in [0.4, 0.5) is 0 Å². The minimum atomic E-state index is 0.130. The molecule has 148 valence electrons. The molecule has 1 amide bonds. The molecule has 5 rings (SSSR count). The maximum Gasteiger partial charge on any atom is 0.273 e. The lowest BCUT2D eigenvalue weighted by atomic mass is 9.78. The predicted molar refractivity (Wildman–Crippen MR) is 119 cm³/mol. The van der Waals surface area contributed by atoms with Crippen molar-refractivity contribution in [2.75, 3.05) is 6.54 Å². The summed E-state index contributed by atoms with van der Waals surface area (Å²) < 4.78 is 0. The zero-order valence-electron chi connectivity index (χ0n) is 16.6. The fourth-order valence-corrected chi connectivity index (χ4v) is 5.76. The molecule has 2 unspecified atom stereocenters. The lowest BCUT2D eigenvalue weighted by Gasteiger charge is -2.43. The molecule has 1 aliphatic carbocycles. The smallest absolute Gasteiger partial charge is 0.273 e. The van der Waals surface area contributed by atoms with E-state index in [-0.39, 0.29) is 5.91 Å². The normalized spacial score (nSPS) is 21.6. The molecule has 2 aromatic carbocycles. The van der Waals surface area contributed by atoms with Crippen LogP contribution < -0.4 is 0 Å². The standard InChI is InChI=1S/C25H26N2OS/c28-25(27-16-6-10-20-9-4-5-11-23(20)27)22-17-29-24(26-22)21-14-12-19(13-15-21)18-7-2-1-3-8-18/h1-3,7-8,12-15,17,20,23H,4-6,9-11,16H2. The number of likely N-dealkylation sites (tertiary alicyclic amines) is 1. The van der Waals surface area contributed by atoms with Crippen LogP contribution in [0, 0.1) is 5.92 Å². The van der Waals surface area contributed by atoms with E-state index >= 15 is 0 Å². The van der Waals surface area contributed by atoms with Gasteiger partial charge in [-0.2, -0.15) is 0 Å². The van der Waals surface area contributed by atoms with Crippen molar-refractivity contribution >= 4 is 17.2 Å². The van der Waals surface area contributed by atoms with E-state index < -0.39 is 0 Å². The maximum absolute atomic E-state index is 13.2. The van der Waals surface area contributed by atoms with Gasteiger partial charge in [-0.1, -0.05) is 67.4 Å². The number of hydrogen-bond acceptors (Lipinski definition) is 3. The van der Waals surface area contributed by atoms with Crippen molar-refractivity contribution in [3.63, 3.8) is 0 Å². The lowest BCUT2D eigenvalue weighted by molar-refractivity contribution is 0.0386. The van der Waals surface area contributed by atoms with Crippen molar-refractivity contribution in [2.24, 2.45) is 5.92 Å². The number of amides is 1. The molecule has 3 aromatic rings. The molecule has 0 spiro atoms. The van der Waals surface area contributed by atoms with E-state index in [9.17, 15) is 4.79 Å². The summed E-state index contributed by atoms with van der Waals surface area (Å²) in [7, 11) is 0. The van der Waals surface area contributed by atoms with Crippen LogP contribution in [-0.2, 0) is 0 Å². The zero-order valence-corrected chi connectivity index (χ0v) is 17.4. The van der Waals surface area contributed by atoms with E-state index in [4.69, 9.17) is 4.98 Å². The van der Waals surface area contributed by atoms with Crippen LogP contribution in [0.15, 0.2) is 60.0 Å². The molecule has 2 heterocycles. The predicted octanol–water partition coefficient (Wildman–Crippen LogP) is 6.27. The van der Waals surface area contributed by atoms with E-state index in [1.807, 2.05) is 11.4 Å². The number of fused-ring (bicyclic) bond motifs is 1. The molecule has 1 saturated heterocycles. The zero-order chi connectivity index (χ0) is 19.6. The molecule has 2 atom stereocenters. The second kappa shape index (κ2) is 8.11. The van der Waals surface area contributed by atoms with Crippen molar-refractivity contribution in [1.29, 1.82) is 0 Å². The quantitative estimate of drug-likeness (QED) is 0.517. The van der Waals surface area contributed by atoms with Crippen LogP contribution in [0.2, 0.25) is 0 Å². The first-order chi connectivity index (χ1) is 14.3. The highest BCUT2D eigenvalue weighted by molar-refractivity contribution is 7.13. The van der Waals surface area contributed by atoms with Gasteiger partial charge in [0.2, 0.25) is 0 Å². The minimum Gasteiger partial charge on any atom is -0.334 e. The Morgan fingerprint density at radius 3 is 2.38 bits per heavy atom. The Morgan fingerprint density at radius 2 is 1.55 bits per heavy atom. The van der Waals surface area contributed by atoms with Crippen molar-refractivity contribution < 1.29 is 4.79 Å². The molecule has 1 aliphatic heterocycles. The van der Waals surface area contributed by atoms with Crippen LogP contribution in [0.25, 0.3) is 21.7 Å². The minimum absolute atomic E-state index is 0.130. The average Bonchev–Trinajstić information content (AvgIpc) is 3.29. The number of aromatic nitrogens is 1. The van der Waals surface area contributed by atoms with Crippen LogP contribution in [0.3, 0.4) is 0 Å². The highest BCUT2D eigenvalue weighted by Gasteiger charge is 2.36. The Kier molecular flexibility index (Phi) is 5.19. The van der Waals surface area contributed by atoms with E-state index in [0.29, 0.717) is 17.7 Å². The second-order valence-corrected chi connectivity index (χ2v) is 9.09. The van der Waals surface area contributed by atoms with Gasteiger partial charge in [0.05, 0.1) is 0 Å². The summed E-state index contributed by atoms with van der Waals surface area (Å²) in [5.74, 6) is 0.829. The van der Waals surface area contributed by atoms with Gasteiger partial charge < -0.3 is 4.90 Å². The molecule has 4 heteroatoms. The van der Waals surface area contributed by atoms with E-state index in [1.165, 1.54) is 36.8 Å². The summed E-state index contributed by atoms with van der Waals surface area (Å²) >= 11 is 1.57. The summed E-state index contributed by atoms with van der Waals surface area (Å²) in [5, 5.41) is 2.86. The fourth-order valence-electron chi connectivity index (χ4n) is 4.96. The Morgan fingerprint density at radius 1 is 0.862 bits per heavy atom. The molecular weight excluding hydrogens is 376 g/mol. The first-order valence-electron chi connectivity index (χ1n) is 10.7. The Bertz CT molecular complexity index is 978. The van der Waals surface area contributed by atoms with Crippen molar-refractivity contribution in [3.05, 3.63) is 65.7 Å². The number of carbonyl (C=O) groups excluding carboxylic acids is 1. The Labute approximate surface area is 176 Å². The summed E-state index contributed by atoms with van der Waals surface area (Å²) in [6, 6.07) is 19.3. The van der Waals surface area contributed by atoms with Gasteiger partial charge >= 0.3 is 0 Å². The van der Waals surface area contributed by atoms with Crippen LogP contribution >= 0.6 is 11.3 Å². The second-order valence-electron chi connectivity index (χ2n) is 8.23. The number of benzene rings is 2. The number of carbonyl (C=O) groups is 1. The largest absolute Gasteiger partial charge is 0.334 e. The molecule has 1 aromatic heterocycles. The van der Waals surface area contributed by atoms with Gasteiger partial charge in [-0.25, -0.2) is 4.98 Å². The molecule has 0 bridgehead atoms. The van der Waals surface area contributed by atoms with Crippen molar-refractivity contribution in [2.45, 2.75) is 44.6 Å². The molecular formula is C25H26N2OS. The Balaban J connectivity index is 1.34. The van der Waals surface area contributed by atoms with Crippen LogP contribution in [0.1, 0.15) is 49.0 Å². The van der Waals surface area contributed by atoms with Gasteiger partial charge in [0.1, 0.15) is 10.7 Å². The van der Waals surface area contributed by atoms with Gasteiger partial charge in [-0.15, -0.1) is 11.3 Å². The number of thiazole rings is 1. The van der Waals surface area contributed by atoms with Gasteiger partial charge in [-0.3, -0.25) is 4.79 Å². The Hall–Kier alpha value is -2.46. The average molecular weight is 403 g/mol. The third-order valence-corrected chi connectivity index (χ3v) is 7.36. The first kappa shape index (κ1) is 18.6. The fraction of sp³-hybridized carbons (Fsp3) is 0.360. The van der Waals surface area contributed by atoms with Gasteiger partial charge in [-0.05, 0) is 42.7 Å². The van der Waals surface area contributed by atoms with E-state index in [2.05, 4.69) is 53.4 Å². The van der Waals surface area contributed by atoms with Crippen molar-refractivity contribution in [1.82, 2.24) is 9.88 Å². The highest BCUT2D eigenvalue weighted by Crippen LogP contribution is 2.36. The van der Waals surface area contributed by atoms with Gasteiger partial charge in [0, 0.05) is 23.5 Å². The van der Waals surface area contributed by atoms with E-state index in [0.717, 1.165) is 30.0 Å². The highest BCUT2D eigenvalue weighted by atomic mass is 32.1. The molecule has 29 heavy (non-hydrogen) atoms. The maximum atomic E-state index is 13.2. The van der Waals surface area contributed by atoms with Crippen LogP contribution in [-0.4, -0.2) is 28.4 Å². The SMILES string of the molecule is O=C(c1csc(-c2ccc(-c3ccccc3)cc2)n1)N1CCCC2CCCCC21. The number of hydrogen-bond donors (Lipinski definition) is 0. The lowest BCUT2D eigenvalue weighted by Crippen LogP contribution is -2.49. The molecule has 2 fully saturated rings. The molecule has 0 N–H and O–H groups in total. The van der Waals surface area contributed by atoms with Gasteiger partial charge in [0.15, 0.2) is 0 Å². The first-order valence-corrected chi connectivity index (χ1v) is 11.6. The topological polar surface area (TPSA) is 33.2 Å². The molecule has 1 saturated carbocycles. The summed E-state index contributed by atoms with van der Waals surface area (Å²) in [6.07, 6.45) is 7.43. The van der Waals surface area contributed by atoms with Crippen molar-refractivity contribution in [3.8, 4) is 21.7 Å². The summed E-state index contributed by atoms with van der Waals surface area (Å²) in [4.78, 5) is 20.1.